The lowest BCUT2D eigenvalue weighted by Gasteiger charge is -2.67. The van der Waals surface area contributed by atoms with E-state index in [2.05, 4.69) is 0 Å². The zero-order valence-corrected chi connectivity index (χ0v) is 22.7. The van der Waals surface area contributed by atoms with Crippen LogP contribution >= 0.6 is 0 Å². The average molecular weight is 545 g/mol. The second-order valence-corrected chi connectivity index (χ2v) is 12.2. The normalized spacial score (nSPS) is 42.7. The lowest BCUT2D eigenvalue weighted by molar-refractivity contribution is -0.345. The lowest BCUT2D eigenvalue weighted by atomic mass is 9.44. The van der Waals surface area contributed by atoms with Crippen LogP contribution in [0.2, 0.25) is 0 Å². The number of esters is 2. The molecule has 0 aromatic heterocycles. The number of carbonyl (C=O) groups is 3. The van der Waals surface area contributed by atoms with Gasteiger partial charge < -0.3 is 34.6 Å². The van der Waals surface area contributed by atoms with Crippen LogP contribution in [0.4, 0.5) is 0 Å². The Morgan fingerprint density at radius 1 is 1.08 bits per heavy atom. The van der Waals surface area contributed by atoms with Gasteiger partial charge in [0, 0.05) is 25.2 Å². The maximum absolute atomic E-state index is 14.3. The monoisotopic (exact) mass is 544 g/mol. The van der Waals surface area contributed by atoms with Crippen molar-refractivity contribution in [1.82, 2.24) is 0 Å². The van der Waals surface area contributed by atoms with E-state index in [1.807, 2.05) is 0 Å². The summed E-state index contributed by atoms with van der Waals surface area (Å²) in [5.74, 6) is -3.60. The Morgan fingerprint density at radius 3 is 2.28 bits per heavy atom. The molecule has 1 aliphatic heterocycles. The zero-order valence-electron chi connectivity index (χ0n) is 22.7. The predicted molar refractivity (Wildman–Crippen MR) is 135 cm³/mol. The van der Waals surface area contributed by atoms with Crippen molar-refractivity contribution in [1.29, 1.82) is 0 Å². The van der Waals surface area contributed by atoms with Crippen molar-refractivity contribution in [3.8, 4) is 0 Å². The Morgan fingerprint density at radius 2 is 1.72 bits per heavy atom. The van der Waals surface area contributed by atoms with Crippen LogP contribution in [-0.4, -0.2) is 86.5 Å². The van der Waals surface area contributed by atoms with Gasteiger partial charge in [-0.25, -0.2) is 4.79 Å². The minimum atomic E-state index is -2.07. The maximum Gasteiger partial charge on any atom is 0.338 e. The van der Waals surface area contributed by atoms with Gasteiger partial charge in [-0.05, 0) is 37.1 Å². The molecule has 2 bridgehead atoms. The van der Waals surface area contributed by atoms with E-state index in [0.717, 1.165) is 0 Å². The Balaban J connectivity index is 1.81. The summed E-state index contributed by atoms with van der Waals surface area (Å²) in [5.41, 5.74) is -6.24. The third-order valence-corrected chi connectivity index (χ3v) is 9.95. The molecule has 10 heteroatoms. The number of hydrogen-bond acceptors (Lipinski definition) is 10. The number of ether oxygens (including phenoxy) is 3. The molecule has 1 heterocycles. The predicted octanol–water partition coefficient (Wildman–Crippen LogP) is 1.08. The molecule has 39 heavy (non-hydrogen) atoms. The second-order valence-electron chi connectivity index (χ2n) is 12.2. The fourth-order valence-corrected chi connectivity index (χ4v) is 7.66. The van der Waals surface area contributed by atoms with Crippen molar-refractivity contribution in [3.05, 3.63) is 47.0 Å². The number of rotatable bonds is 3. The fraction of sp³-hybridized carbons (Fsp3) is 0.621. The number of hydrogen-bond donors (Lipinski definition) is 4. The van der Waals surface area contributed by atoms with Crippen molar-refractivity contribution < 1.29 is 49.0 Å². The SMILES string of the molecule is CC(=O)OC12COC1C[C@H](O)[C@@]1(C)C(=O)[C@H](O)C3=C(C)[C@H](O)CC(O)([C@@H](OC(=O)c4ccccc4)[C@@H]21)C3(C)C. The van der Waals surface area contributed by atoms with Gasteiger partial charge in [0.2, 0.25) is 0 Å². The summed E-state index contributed by atoms with van der Waals surface area (Å²) >= 11 is 0. The van der Waals surface area contributed by atoms with Crippen molar-refractivity contribution >= 4 is 17.7 Å². The summed E-state index contributed by atoms with van der Waals surface area (Å²) in [6.07, 6.45) is -7.26. The van der Waals surface area contributed by atoms with Crippen LogP contribution in [-0.2, 0) is 23.8 Å². The standard InChI is InChI=1S/C29H36O10/c1-14-17(31)12-29(36)24(38-25(35)16-9-7-6-8-10-16)22-27(5,23(34)21(33)20(14)26(29,3)4)18(32)11-19-28(22,13-37-19)39-15(2)30/h6-10,17-19,21-22,24,31-33,36H,11-13H2,1-5H3/t17-,18+,19?,21-,22-,24+,27-,28?,29?/m1/s1. The molecule has 212 valence electrons. The van der Waals surface area contributed by atoms with Gasteiger partial charge in [-0.15, -0.1) is 0 Å². The third kappa shape index (κ3) is 3.62. The Kier molecular flexibility index (Phi) is 6.40. The summed E-state index contributed by atoms with van der Waals surface area (Å²) < 4.78 is 17.7. The molecule has 1 aromatic rings. The minimum Gasteiger partial charge on any atom is -0.455 e. The summed E-state index contributed by atoms with van der Waals surface area (Å²) in [6.45, 7) is 7.29. The van der Waals surface area contributed by atoms with Gasteiger partial charge in [-0.2, -0.15) is 0 Å². The summed E-state index contributed by atoms with van der Waals surface area (Å²) in [6, 6.07) is 8.08. The van der Waals surface area contributed by atoms with E-state index in [9.17, 15) is 34.8 Å². The largest absolute Gasteiger partial charge is 0.455 e. The molecule has 9 atom stereocenters. The van der Waals surface area contributed by atoms with Crippen LogP contribution in [0.1, 0.15) is 57.8 Å². The van der Waals surface area contributed by atoms with Gasteiger partial charge in [-0.3, -0.25) is 9.59 Å². The van der Waals surface area contributed by atoms with Crippen LogP contribution < -0.4 is 0 Å². The van der Waals surface area contributed by atoms with E-state index in [4.69, 9.17) is 14.2 Å². The highest BCUT2D eigenvalue weighted by Gasteiger charge is 2.77. The molecule has 5 rings (SSSR count). The van der Waals surface area contributed by atoms with Crippen LogP contribution in [0, 0.1) is 16.7 Å². The number of aliphatic hydroxyl groups is 4. The van der Waals surface area contributed by atoms with Crippen LogP contribution in [0.15, 0.2) is 41.5 Å². The highest BCUT2D eigenvalue weighted by atomic mass is 16.6. The lowest BCUT2D eigenvalue weighted by Crippen LogP contribution is -2.81. The van der Waals surface area contributed by atoms with Crippen molar-refractivity contribution in [2.24, 2.45) is 16.7 Å². The summed E-state index contributed by atoms with van der Waals surface area (Å²) in [4.78, 5) is 40.3. The number of Topliss-reactive ketones (excluding diaryl/α,β-unsaturated/α-hetero) is 1. The Bertz CT molecular complexity index is 1240. The molecule has 4 N–H and O–H groups in total. The number of benzene rings is 1. The highest BCUT2D eigenvalue weighted by Crippen LogP contribution is 2.63. The molecule has 0 spiro atoms. The van der Waals surface area contributed by atoms with E-state index in [-0.39, 0.29) is 30.6 Å². The van der Waals surface area contributed by atoms with Gasteiger partial charge in [0.15, 0.2) is 11.4 Å². The molecular formula is C29H36O10. The Labute approximate surface area is 226 Å². The first-order valence-corrected chi connectivity index (χ1v) is 13.2. The molecule has 10 nitrogen and oxygen atoms in total. The van der Waals surface area contributed by atoms with Crippen LogP contribution in [0.25, 0.3) is 0 Å². The van der Waals surface area contributed by atoms with E-state index in [1.54, 1.807) is 39.0 Å². The molecule has 2 saturated carbocycles. The summed E-state index contributed by atoms with van der Waals surface area (Å²) in [5, 5.41) is 46.7. The molecule has 1 aromatic carbocycles. The maximum atomic E-state index is 14.3. The fourth-order valence-electron chi connectivity index (χ4n) is 7.66. The molecule has 4 aliphatic rings. The number of carbonyl (C=O) groups excluding carboxylic acids is 3. The van der Waals surface area contributed by atoms with E-state index in [0.29, 0.717) is 5.57 Å². The first-order valence-electron chi connectivity index (χ1n) is 13.2. The van der Waals surface area contributed by atoms with Crippen molar-refractivity contribution in [3.63, 3.8) is 0 Å². The molecular weight excluding hydrogens is 508 g/mol. The van der Waals surface area contributed by atoms with Crippen molar-refractivity contribution in [2.75, 3.05) is 6.61 Å². The van der Waals surface area contributed by atoms with Crippen LogP contribution in [0.3, 0.4) is 0 Å². The van der Waals surface area contributed by atoms with Gasteiger partial charge >= 0.3 is 11.9 Å². The molecule has 0 amide bonds. The topological polar surface area (TPSA) is 160 Å². The third-order valence-electron chi connectivity index (χ3n) is 9.95. The average Bonchev–Trinajstić information content (AvgIpc) is 2.87. The first-order chi connectivity index (χ1) is 18.1. The minimum absolute atomic E-state index is 0.0828. The smallest absolute Gasteiger partial charge is 0.338 e. The molecule has 3 fully saturated rings. The molecule has 0 radical (unpaired) electrons. The number of ketones is 1. The van der Waals surface area contributed by atoms with Gasteiger partial charge in [0.25, 0.3) is 0 Å². The summed E-state index contributed by atoms with van der Waals surface area (Å²) in [7, 11) is 0. The van der Waals surface area contributed by atoms with E-state index in [1.165, 1.54) is 26.0 Å². The second kappa shape index (κ2) is 8.94. The molecule has 3 aliphatic carbocycles. The molecule has 1 saturated heterocycles. The van der Waals surface area contributed by atoms with Gasteiger partial charge in [-0.1, -0.05) is 32.0 Å². The van der Waals surface area contributed by atoms with Crippen molar-refractivity contribution in [2.45, 2.75) is 89.2 Å². The van der Waals surface area contributed by atoms with Gasteiger partial charge in [0.05, 0.1) is 35.7 Å². The van der Waals surface area contributed by atoms with E-state index < -0.39 is 76.2 Å². The number of aliphatic hydroxyl groups excluding tert-OH is 3. The highest BCUT2D eigenvalue weighted by molar-refractivity contribution is 5.94. The number of fused-ring (bicyclic) bond motifs is 5. The van der Waals surface area contributed by atoms with Crippen LogP contribution in [0.5, 0.6) is 0 Å². The Hall–Kier alpha value is -2.63. The quantitative estimate of drug-likeness (QED) is 0.320. The zero-order chi connectivity index (χ0) is 28.7. The van der Waals surface area contributed by atoms with E-state index >= 15 is 0 Å². The van der Waals surface area contributed by atoms with Gasteiger partial charge in [0.1, 0.15) is 23.9 Å². The first kappa shape index (κ1) is 27.9. The molecule has 3 unspecified atom stereocenters.